The number of aromatic nitrogens is 3. The van der Waals surface area contributed by atoms with Crippen molar-refractivity contribution < 1.29 is 14.3 Å². The van der Waals surface area contributed by atoms with Gasteiger partial charge in [-0.1, -0.05) is 12.1 Å². The van der Waals surface area contributed by atoms with Gasteiger partial charge < -0.3 is 9.47 Å². The highest BCUT2D eigenvalue weighted by atomic mass is 32.1. The SMILES string of the molecule is COC(=O)c1ccc(/C=N\n2c(-c3ccc(OC)cc3)n[nH]c2=S)cc1. The van der Waals surface area contributed by atoms with Crippen molar-refractivity contribution in [2.45, 2.75) is 0 Å². The van der Waals surface area contributed by atoms with E-state index in [1.54, 1.807) is 37.6 Å². The van der Waals surface area contributed by atoms with Crippen molar-refractivity contribution in [1.82, 2.24) is 14.9 Å². The number of rotatable bonds is 5. The van der Waals surface area contributed by atoms with E-state index < -0.39 is 0 Å². The summed E-state index contributed by atoms with van der Waals surface area (Å²) in [7, 11) is 2.96. The lowest BCUT2D eigenvalue weighted by molar-refractivity contribution is 0.0600. The molecule has 0 fully saturated rings. The van der Waals surface area contributed by atoms with Crippen LogP contribution < -0.4 is 4.74 Å². The molecule has 1 heterocycles. The molecule has 0 amide bonds. The van der Waals surface area contributed by atoms with Crippen LogP contribution >= 0.6 is 12.2 Å². The van der Waals surface area contributed by atoms with E-state index in [1.165, 1.54) is 11.8 Å². The molecular weight excluding hydrogens is 352 g/mol. The van der Waals surface area contributed by atoms with Crippen molar-refractivity contribution in [2.24, 2.45) is 5.10 Å². The highest BCUT2D eigenvalue weighted by Gasteiger charge is 2.08. The molecule has 7 nitrogen and oxygen atoms in total. The van der Waals surface area contributed by atoms with Gasteiger partial charge in [-0.3, -0.25) is 0 Å². The van der Waals surface area contributed by atoms with Crippen molar-refractivity contribution >= 4 is 24.4 Å². The predicted octanol–water partition coefficient (Wildman–Crippen LogP) is 3.29. The molecule has 0 atom stereocenters. The molecule has 132 valence electrons. The van der Waals surface area contributed by atoms with Crippen molar-refractivity contribution in [3.05, 3.63) is 64.4 Å². The number of aromatic amines is 1. The monoisotopic (exact) mass is 368 g/mol. The normalized spacial score (nSPS) is 10.8. The molecule has 1 N–H and O–H groups in total. The van der Waals surface area contributed by atoms with Gasteiger partial charge in [0.25, 0.3) is 0 Å². The number of methoxy groups -OCH3 is 2. The van der Waals surface area contributed by atoms with E-state index in [4.69, 9.17) is 17.0 Å². The Labute approximate surface area is 154 Å². The Balaban J connectivity index is 1.88. The standard InChI is InChI=1S/C18H16N4O3S/c1-24-15-9-7-13(8-10-15)16-20-21-18(26)22(16)19-11-12-3-5-14(6-4-12)17(23)25-2/h3-11H,1-2H3,(H,21,26)/b19-11-. The fourth-order valence-electron chi connectivity index (χ4n) is 2.27. The van der Waals surface area contributed by atoms with E-state index in [-0.39, 0.29) is 5.97 Å². The molecule has 8 heteroatoms. The van der Waals surface area contributed by atoms with Crippen LogP contribution in [-0.2, 0) is 4.74 Å². The summed E-state index contributed by atoms with van der Waals surface area (Å²) in [5, 5.41) is 11.4. The summed E-state index contributed by atoms with van der Waals surface area (Å²) >= 11 is 5.25. The van der Waals surface area contributed by atoms with E-state index in [9.17, 15) is 4.79 Å². The number of H-pyrrole nitrogens is 1. The van der Waals surface area contributed by atoms with Gasteiger partial charge in [0.15, 0.2) is 5.82 Å². The van der Waals surface area contributed by atoms with Gasteiger partial charge in [0, 0.05) is 5.56 Å². The Hall–Kier alpha value is -3.26. The Kier molecular flexibility index (Phi) is 5.23. The number of carbonyl (C=O) groups excluding carboxylic acids is 1. The molecule has 2 aromatic carbocycles. The molecular formula is C18H16N4O3S. The smallest absolute Gasteiger partial charge is 0.337 e. The first-order valence-electron chi connectivity index (χ1n) is 7.67. The fraction of sp³-hybridized carbons (Fsp3) is 0.111. The summed E-state index contributed by atoms with van der Waals surface area (Å²) in [5.41, 5.74) is 2.13. The zero-order valence-electron chi connectivity index (χ0n) is 14.2. The van der Waals surface area contributed by atoms with Crippen LogP contribution in [0.4, 0.5) is 0 Å². The van der Waals surface area contributed by atoms with Gasteiger partial charge in [0.05, 0.1) is 26.0 Å². The number of hydrogen-bond donors (Lipinski definition) is 1. The van der Waals surface area contributed by atoms with Gasteiger partial charge in [-0.2, -0.15) is 14.9 Å². The number of nitrogens with one attached hydrogen (secondary N) is 1. The number of hydrogen-bond acceptors (Lipinski definition) is 6. The third-order valence-corrected chi connectivity index (χ3v) is 3.92. The lowest BCUT2D eigenvalue weighted by Gasteiger charge is -2.03. The van der Waals surface area contributed by atoms with Crippen LogP contribution in [0.15, 0.2) is 53.6 Å². The van der Waals surface area contributed by atoms with Gasteiger partial charge in [-0.15, -0.1) is 0 Å². The molecule has 0 bridgehead atoms. The number of esters is 1. The quantitative estimate of drug-likeness (QED) is 0.425. The van der Waals surface area contributed by atoms with Crippen LogP contribution in [0.3, 0.4) is 0 Å². The van der Waals surface area contributed by atoms with Gasteiger partial charge in [0.2, 0.25) is 4.77 Å². The second kappa shape index (κ2) is 7.75. The number of carbonyl (C=O) groups is 1. The molecule has 0 spiro atoms. The minimum atomic E-state index is -0.382. The topological polar surface area (TPSA) is 81.5 Å². The Morgan fingerprint density at radius 2 is 1.85 bits per heavy atom. The molecule has 0 radical (unpaired) electrons. The first kappa shape index (κ1) is 17.6. The summed E-state index contributed by atoms with van der Waals surface area (Å²) in [6.07, 6.45) is 1.64. The van der Waals surface area contributed by atoms with Crippen LogP contribution in [0.5, 0.6) is 5.75 Å². The van der Waals surface area contributed by atoms with Gasteiger partial charge in [0.1, 0.15) is 5.75 Å². The van der Waals surface area contributed by atoms with E-state index in [0.717, 1.165) is 16.9 Å². The van der Waals surface area contributed by atoms with Crippen LogP contribution in [-0.4, -0.2) is 41.3 Å². The zero-order chi connectivity index (χ0) is 18.5. The average Bonchev–Trinajstić information content (AvgIpc) is 3.06. The average molecular weight is 368 g/mol. The number of benzene rings is 2. The number of ether oxygens (including phenoxy) is 2. The highest BCUT2D eigenvalue weighted by molar-refractivity contribution is 7.71. The molecule has 0 aliphatic carbocycles. The first-order chi connectivity index (χ1) is 12.6. The van der Waals surface area contributed by atoms with E-state index in [2.05, 4.69) is 20.0 Å². The molecule has 0 saturated carbocycles. The minimum absolute atomic E-state index is 0.373. The van der Waals surface area contributed by atoms with Crippen molar-refractivity contribution in [3.63, 3.8) is 0 Å². The maximum atomic E-state index is 11.5. The summed E-state index contributed by atoms with van der Waals surface area (Å²) in [6.45, 7) is 0. The summed E-state index contributed by atoms with van der Waals surface area (Å²) in [4.78, 5) is 11.5. The molecule has 0 aliphatic rings. The summed E-state index contributed by atoms with van der Waals surface area (Å²) in [6, 6.07) is 14.3. The molecule has 0 aliphatic heterocycles. The lowest BCUT2D eigenvalue weighted by atomic mass is 10.1. The van der Waals surface area contributed by atoms with E-state index >= 15 is 0 Å². The Bertz CT molecular complexity index is 989. The van der Waals surface area contributed by atoms with Gasteiger partial charge in [-0.05, 0) is 54.2 Å². The lowest BCUT2D eigenvalue weighted by Crippen LogP contribution is -2.01. The fourth-order valence-corrected chi connectivity index (χ4v) is 2.45. The minimum Gasteiger partial charge on any atom is -0.497 e. The molecule has 0 unspecified atom stereocenters. The highest BCUT2D eigenvalue weighted by Crippen LogP contribution is 2.20. The first-order valence-corrected chi connectivity index (χ1v) is 8.08. The Morgan fingerprint density at radius 1 is 1.15 bits per heavy atom. The maximum Gasteiger partial charge on any atom is 0.337 e. The summed E-state index contributed by atoms with van der Waals surface area (Å²) < 4.78 is 11.7. The second-order valence-corrected chi connectivity index (χ2v) is 5.64. The third kappa shape index (κ3) is 3.70. The zero-order valence-corrected chi connectivity index (χ0v) is 15.0. The van der Waals surface area contributed by atoms with Crippen LogP contribution in [0.25, 0.3) is 11.4 Å². The van der Waals surface area contributed by atoms with Crippen molar-refractivity contribution in [1.29, 1.82) is 0 Å². The molecule has 3 rings (SSSR count). The Morgan fingerprint density at radius 3 is 2.46 bits per heavy atom. The maximum absolute atomic E-state index is 11.5. The van der Waals surface area contributed by atoms with Gasteiger partial charge >= 0.3 is 5.97 Å². The van der Waals surface area contributed by atoms with Crippen molar-refractivity contribution in [3.8, 4) is 17.1 Å². The predicted molar refractivity (Wildman–Crippen MR) is 100 cm³/mol. The second-order valence-electron chi connectivity index (χ2n) is 5.25. The van der Waals surface area contributed by atoms with Crippen molar-refractivity contribution in [2.75, 3.05) is 14.2 Å². The number of nitrogens with zero attached hydrogens (tertiary/aromatic N) is 3. The molecule has 26 heavy (non-hydrogen) atoms. The third-order valence-electron chi connectivity index (χ3n) is 3.65. The van der Waals surface area contributed by atoms with Gasteiger partial charge in [-0.25, -0.2) is 9.89 Å². The van der Waals surface area contributed by atoms with E-state index in [1.807, 2.05) is 24.3 Å². The van der Waals surface area contributed by atoms with E-state index in [0.29, 0.717) is 16.2 Å². The molecule has 0 saturated heterocycles. The largest absolute Gasteiger partial charge is 0.497 e. The summed E-state index contributed by atoms with van der Waals surface area (Å²) in [5.74, 6) is 0.955. The van der Waals surface area contributed by atoms with Crippen LogP contribution in [0.2, 0.25) is 0 Å². The van der Waals surface area contributed by atoms with Crippen LogP contribution in [0.1, 0.15) is 15.9 Å². The molecule has 1 aromatic heterocycles. The molecule has 3 aromatic rings. The van der Waals surface area contributed by atoms with Crippen LogP contribution in [0, 0.1) is 4.77 Å².